The van der Waals surface area contributed by atoms with Crippen molar-refractivity contribution in [3.63, 3.8) is 0 Å². The van der Waals surface area contributed by atoms with E-state index in [4.69, 9.17) is 0 Å². The number of nitrogens with zero attached hydrogens (tertiary/aromatic N) is 2. The van der Waals surface area contributed by atoms with Crippen molar-refractivity contribution in [2.45, 2.75) is 51.5 Å². The molecule has 2 amide bonds. The molecule has 1 saturated heterocycles. The Morgan fingerprint density at radius 2 is 1.84 bits per heavy atom. The highest BCUT2D eigenvalue weighted by molar-refractivity contribution is 6.02. The van der Waals surface area contributed by atoms with Crippen LogP contribution in [0, 0.1) is 0 Å². The third-order valence-corrected chi connectivity index (χ3v) is 5.27. The van der Waals surface area contributed by atoms with Crippen molar-refractivity contribution in [1.29, 1.82) is 0 Å². The van der Waals surface area contributed by atoms with Crippen LogP contribution in [0.25, 0.3) is 0 Å². The summed E-state index contributed by atoms with van der Waals surface area (Å²) in [6, 6.07) is 7.38. The van der Waals surface area contributed by atoms with Crippen LogP contribution in [0.5, 0.6) is 0 Å². The molecular weight excluding hydrogens is 314 g/mol. The van der Waals surface area contributed by atoms with Crippen molar-refractivity contribution in [1.82, 2.24) is 10.2 Å². The Bertz CT molecular complexity index is 609. The van der Waals surface area contributed by atoms with E-state index < -0.39 is 6.04 Å². The van der Waals surface area contributed by atoms with Crippen molar-refractivity contribution < 1.29 is 9.59 Å². The molecule has 0 saturated carbocycles. The molecule has 3 rings (SSSR count). The summed E-state index contributed by atoms with van der Waals surface area (Å²) < 4.78 is 0. The van der Waals surface area contributed by atoms with E-state index in [1.165, 1.54) is 45.7 Å². The van der Waals surface area contributed by atoms with E-state index in [0.717, 1.165) is 24.2 Å². The summed E-state index contributed by atoms with van der Waals surface area (Å²) >= 11 is 0. The second-order valence-electron chi connectivity index (χ2n) is 7.14. The molecule has 2 heterocycles. The van der Waals surface area contributed by atoms with Crippen LogP contribution in [-0.4, -0.2) is 48.9 Å². The Hall–Kier alpha value is -1.88. The number of rotatable bonds is 5. The minimum Gasteiger partial charge on any atom is -0.354 e. The third kappa shape index (κ3) is 4.40. The number of carbonyl (C=O) groups is 2. The zero-order chi connectivity index (χ0) is 17.6. The molecule has 0 aromatic heterocycles. The molecule has 1 atom stereocenters. The lowest BCUT2D eigenvalue weighted by Crippen LogP contribution is -2.47. The standard InChI is InChI=1S/C20H29N3O2/c1-16(24)23-18-10-5-4-9-17(18)15-19(23)20(25)21-11-8-14-22-12-6-2-3-7-13-22/h4-5,9-10,19H,2-3,6-8,11-15H2,1H3,(H,21,25). The van der Waals surface area contributed by atoms with E-state index >= 15 is 0 Å². The number of amides is 2. The largest absolute Gasteiger partial charge is 0.354 e. The van der Waals surface area contributed by atoms with E-state index in [2.05, 4.69) is 10.2 Å². The Morgan fingerprint density at radius 3 is 2.56 bits per heavy atom. The number of likely N-dealkylation sites (tertiary alicyclic amines) is 1. The van der Waals surface area contributed by atoms with Gasteiger partial charge in [-0.2, -0.15) is 0 Å². The average Bonchev–Trinajstić information content (AvgIpc) is 2.81. The first-order valence-electron chi connectivity index (χ1n) is 9.54. The van der Waals surface area contributed by atoms with Crippen LogP contribution in [0.2, 0.25) is 0 Å². The summed E-state index contributed by atoms with van der Waals surface area (Å²) in [4.78, 5) is 28.8. The topological polar surface area (TPSA) is 52.7 Å². The van der Waals surface area contributed by atoms with Crippen molar-refractivity contribution in [2.75, 3.05) is 31.1 Å². The highest BCUT2D eigenvalue weighted by atomic mass is 16.2. The van der Waals surface area contributed by atoms with Crippen molar-refractivity contribution in [2.24, 2.45) is 0 Å². The zero-order valence-corrected chi connectivity index (χ0v) is 15.2. The summed E-state index contributed by atoms with van der Waals surface area (Å²) in [7, 11) is 0. The molecule has 1 fully saturated rings. The second kappa shape index (κ2) is 8.48. The van der Waals surface area contributed by atoms with E-state index in [1.807, 2.05) is 24.3 Å². The normalized spacial score (nSPS) is 20.8. The summed E-state index contributed by atoms with van der Waals surface area (Å²) in [5.41, 5.74) is 1.95. The van der Waals surface area contributed by atoms with E-state index in [-0.39, 0.29) is 11.8 Å². The Balaban J connectivity index is 1.49. The molecule has 1 N–H and O–H groups in total. The van der Waals surface area contributed by atoms with Gasteiger partial charge in [0.15, 0.2) is 0 Å². The number of benzene rings is 1. The van der Waals surface area contributed by atoms with Crippen LogP contribution in [0.3, 0.4) is 0 Å². The van der Waals surface area contributed by atoms with Gasteiger partial charge in [-0.25, -0.2) is 0 Å². The van der Waals surface area contributed by atoms with Crippen LogP contribution in [0.15, 0.2) is 24.3 Å². The van der Waals surface area contributed by atoms with E-state index in [0.29, 0.717) is 13.0 Å². The number of hydrogen-bond acceptors (Lipinski definition) is 3. The summed E-state index contributed by atoms with van der Waals surface area (Å²) in [6.45, 7) is 5.62. The number of hydrogen-bond donors (Lipinski definition) is 1. The Labute approximate surface area is 150 Å². The molecule has 5 heteroatoms. The summed E-state index contributed by atoms with van der Waals surface area (Å²) in [5.74, 6) is -0.114. The smallest absolute Gasteiger partial charge is 0.243 e. The lowest BCUT2D eigenvalue weighted by Gasteiger charge is -2.24. The summed E-state index contributed by atoms with van der Waals surface area (Å²) in [5, 5.41) is 3.04. The minimum atomic E-state index is -0.409. The lowest BCUT2D eigenvalue weighted by molar-refractivity contribution is -0.125. The van der Waals surface area contributed by atoms with Gasteiger partial charge in [0.25, 0.3) is 0 Å². The van der Waals surface area contributed by atoms with Crippen LogP contribution in [-0.2, 0) is 16.0 Å². The van der Waals surface area contributed by atoms with Crippen LogP contribution < -0.4 is 10.2 Å². The highest BCUT2D eigenvalue weighted by Gasteiger charge is 2.36. The van der Waals surface area contributed by atoms with Crippen LogP contribution >= 0.6 is 0 Å². The SMILES string of the molecule is CC(=O)N1c2ccccc2CC1C(=O)NCCCN1CCCCCC1. The van der Waals surface area contributed by atoms with Crippen LogP contribution in [0.1, 0.15) is 44.6 Å². The van der Waals surface area contributed by atoms with Crippen LogP contribution in [0.4, 0.5) is 5.69 Å². The van der Waals surface area contributed by atoms with Gasteiger partial charge in [0.1, 0.15) is 6.04 Å². The van der Waals surface area contributed by atoms with Gasteiger partial charge in [-0.1, -0.05) is 31.0 Å². The average molecular weight is 343 g/mol. The minimum absolute atomic E-state index is 0.0396. The third-order valence-electron chi connectivity index (χ3n) is 5.27. The molecule has 136 valence electrons. The molecule has 1 aromatic carbocycles. The van der Waals surface area contributed by atoms with Gasteiger partial charge in [0.2, 0.25) is 11.8 Å². The molecule has 2 aliphatic heterocycles. The molecule has 2 aliphatic rings. The molecular formula is C20H29N3O2. The quantitative estimate of drug-likeness (QED) is 0.835. The molecule has 0 aliphatic carbocycles. The van der Waals surface area contributed by atoms with Gasteiger partial charge in [0, 0.05) is 25.6 Å². The molecule has 1 unspecified atom stereocenters. The van der Waals surface area contributed by atoms with E-state index in [1.54, 1.807) is 4.90 Å². The van der Waals surface area contributed by atoms with E-state index in [9.17, 15) is 9.59 Å². The second-order valence-corrected chi connectivity index (χ2v) is 7.14. The van der Waals surface area contributed by atoms with Gasteiger partial charge in [0.05, 0.1) is 0 Å². The number of para-hydroxylation sites is 1. The molecule has 0 radical (unpaired) electrons. The first kappa shape index (κ1) is 17.9. The fourth-order valence-corrected chi connectivity index (χ4v) is 3.98. The fourth-order valence-electron chi connectivity index (χ4n) is 3.98. The van der Waals surface area contributed by atoms with Crippen molar-refractivity contribution >= 4 is 17.5 Å². The number of carbonyl (C=O) groups excluding carboxylic acids is 2. The predicted molar refractivity (Wildman–Crippen MR) is 99.6 cm³/mol. The maximum absolute atomic E-state index is 12.6. The lowest BCUT2D eigenvalue weighted by atomic mass is 10.1. The highest BCUT2D eigenvalue weighted by Crippen LogP contribution is 2.32. The number of fused-ring (bicyclic) bond motifs is 1. The fraction of sp³-hybridized carbons (Fsp3) is 0.600. The van der Waals surface area contributed by atoms with Gasteiger partial charge in [-0.3, -0.25) is 14.5 Å². The molecule has 25 heavy (non-hydrogen) atoms. The predicted octanol–water partition coefficient (Wildman–Crippen LogP) is 2.35. The maximum atomic E-state index is 12.6. The first-order valence-corrected chi connectivity index (χ1v) is 9.54. The van der Waals surface area contributed by atoms with Gasteiger partial charge >= 0.3 is 0 Å². The summed E-state index contributed by atoms with van der Waals surface area (Å²) in [6.07, 6.45) is 6.84. The Kier molecular flexibility index (Phi) is 6.08. The molecule has 1 aromatic rings. The van der Waals surface area contributed by atoms with Gasteiger partial charge < -0.3 is 10.2 Å². The Morgan fingerprint density at radius 1 is 1.12 bits per heavy atom. The van der Waals surface area contributed by atoms with Crippen molar-refractivity contribution in [3.05, 3.63) is 29.8 Å². The monoisotopic (exact) mass is 343 g/mol. The first-order chi connectivity index (χ1) is 12.2. The number of nitrogens with one attached hydrogen (secondary N) is 1. The molecule has 0 spiro atoms. The van der Waals surface area contributed by atoms with Gasteiger partial charge in [-0.15, -0.1) is 0 Å². The van der Waals surface area contributed by atoms with Gasteiger partial charge in [-0.05, 0) is 50.5 Å². The van der Waals surface area contributed by atoms with Crippen molar-refractivity contribution in [3.8, 4) is 0 Å². The molecule has 0 bridgehead atoms. The molecule has 5 nitrogen and oxygen atoms in total. The zero-order valence-electron chi connectivity index (χ0n) is 15.2. The maximum Gasteiger partial charge on any atom is 0.243 e. The number of anilines is 1.